The van der Waals surface area contributed by atoms with Gasteiger partial charge < -0.3 is 16.0 Å². The molecule has 1 heterocycles. The van der Waals surface area contributed by atoms with Crippen LogP contribution < -0.4 is 11.1 Å². The van der Waals surface area contributed by atoms with Gasteiger partial charge in [0.1, 0.15) is 12.4 Å². The third-order valence-electron chi connectivity index (χ3n) is 6.76. The Balaban J connectivity index is 1.58. The maximum Gasteiger partial charge on any atom is 0.269 e. The molecule has 1 saturated carbocycles. The molecule has 0 aliphatic heterocycles. The lowest BCUT2D eigenvalue weighted by Crippen LogP contribution is -2.56. The Morgan fingerprint density at radius 1 is 1.18 bits per heavy atom. The minimum Gasteiger partial charge on any atom is -0.364 e. The van der Waals surface area contributed by atoms with Crippen molar-refractivity contribution in [2.45, 2.75) is 64.1 Å². The van der Waals surface area contributed by atoms with E-state index in [1.807, 2.05) is 26.8 Å². The number of fused-ring (bicyclic) bond motifs is 1. The number of primary amides is 1. The van der Waals surface area contributed by atoms with Crippen LogP contribution in [0.25, 0.3) is 10.9 Å². The molecule has 1 aliphatic rings. The van der Waals surface area contributed by atoms with Crippen molar-refractivity contribution in [3.05, 3.63) is 64.1 Å². The first kappa shape index (κ1) is 28.4. The predicted octanol–water partition coefficient (Wildman–Crippen LogP) is 4.17. The average molecular weight is 564 g/mol. The first-order chi connectivity index (χ1) is 18.2. The van der Waals surface area contributed by atoms with E-state index >= 15 is 0 Å². The standard InChI is InChI=1S/C27H29ClF3N5O3/c1-26(2,3)17-7-5-9-19-22(17)24(25(32)39)34-36(19)14-21(38)35(16-10-27(30,31)11-16)13-20(37)33-12-15-6-4-8-18(28)23(15)29/h4-9,16H,10-14H2,1-3H3,(H2,32,39)(H,33,37). The average Bonchev–Trinajstić information content (AvgIpc) is 3.20. The Kier molecular flexibility index (Phi) is 7.66. The Morgan fingerprint density at radius 3 is 2.46 bits per heavy atom. The number of nitrogens with one attached hydrogen (secondary N) is 1. The molecule has 0 unspecified atom stereocenters. The number of benzene rings is 2. The summed E-state index contributed by atoms with van der Waals surface area (Å²) in [6.45, 7) is 4.76. The highest BCUT2D eigenvalue weighted by atomic mass is 35.5. The van der Waals surface area contributed by atoms with E-state index < -0.39 is 61.4 Å². The van der Waals surface area contributed by atoms with Gasteiger partial charge in [0.15, 0.2) is 5.69 Å². The Bertz CT molecular complexity index is 1440. The molecule has 3 N–H and O–H groups in total. The van der Waals surface area contributed by atoms with Crippen molar-refractivity contribution in [3.8, 4) is 0 Å². The molecule has 8 nitrogen and oxygen atoms in total. The fourth-order valence-electron chi connectivity index (χ4n) is 4.73. The number of halogens is 4. The number of rotatable bonds is 8. The van der Waals surface area contributed by atoms with Crippen molar-refractivity contribution in [3.63, 3.8) is 0 Å². The second kappa shape index (κ2) is 10.5. The Hall–Kier alpha value is -3.60. The fourth-order valence-corrected chi connectivity index (χ4v) is 4.92. The maximum atomic E-state index is 14.2. The highest BCUT2D eigenvalue weighted by Crippen LogP contribution is 2.40. The van der Waals surface area contributed by atoms with Gasteiger partial charge in [0.05, 0.1) is 17.1 Å². The molecule has 39 heavy (non-hydrogen) atoms. The van der Waals surface area contributed by atoms with Gasteiger partial charge in [-0.05, 0) is 23.1 Å². The zero-order chi connectivity index (χ0) is 28.7. The van der Waals surface area contributed by atoms with Gasteiger partial charge in [-0.25, -0.2) is 13.2 Å². The zero-order valence-corrected chi connectivity index (χ0v) is 22.5. The summed E-state index contributed by atoms with van der Waals surface area (Å²) in [6.07, 6.45) is -1.18. The monoisotopic (exact) mass is 563 g/mol. The number of hydrogen-bond acceptors (Lipinski definition) is 4. The molecule has 3 aromatic rings. The summed E-state index contributed by atoms with van der Waals surface area (Å²) in [5, 5.41) is 7.19. The van der Waals surface area contributed by atoms with E-state index in [1.54, 1.807) is 12.1 Å². The molecule has 2 aromatic carbocycles. The number of carbonyl (C=O) groups excluding carboxylic acids is 3. The van der Waals surface area contributed by atoms with Gasteiger partial charge >= 0.3 is 0 Å². The van der Waals surface area contributed by atoms with Crippen LogP contribution in [0.2, 0.25) is 5.02 Å². The van der Waals surface area contributed by atoms with E-state index in [0.717, 1.165) is 10.5 Å². The molecule has 1 aliphatic carbocycles. The number of aromatic nitrogens is 2. The van der Waals surface area contributed by atoms with Crippen molar-refractivity contribution in [1.82, 2.24) is 20.0 Å². The van der Waals surface area contributed by atoms with E-state index in [-0.39, 0.29) is 28.2 Å². The Morgan fingerprint density at radius 2 is 1.85 bits per heavy atom. The van der Waals surface area contributed by atoms with Crippen molar-refractivity contribution >= 4 is 40.2 Å². The van der Waals surface area contributed by atoms with Gasteiger partial charge in [-0.3, -0.25) is 19.1 Å². The second-order valence-corrected chi connectivity index (χ2v) is 11.2. The van der Waals surface area contributed by atoms with E-state index in [2.05, 4.69) is 10.4 Å². The van der Waals surface area contributed by atoms with E-state index in [9.17, 15) is 27.6 Å². The first-order valence-corrected chi connectivity index (χ1v) is 12.7. The third-order valence-corrected chi connectivity index (χ3v) is 7.05. The summed E-state index contributed by atoms with van der Waals surface area (Å²) in [4.78, 5) is 39.4. The highest BCUT2D eigenvalue weighted by Gasteiger charge is 2.49. The third kappa shape index (κ3) is 6.03. The molecule has 0 radical (unpaired) electrons. The van der Waals surface area contributed by atoms with Crippen LogP contribution in [0.3, 0.4) is 0 Å². The fraction of sp³-hybridized carbons (Fsp3) is 0.407. The number of amides is 3. The van der Waals surface area contributed by atoms with Gasteiger partial charge in [-0.15, -0.1) is 0 Å². The van der Waals surface area contributed by atoms with Crippen LogP contribution in [0, 0.1) is 5.82 Å². The molecule has 0 atom stereocenters. The summed E-state index contributed by atoms with van der Waals surface area (Å²) < 4.78 is 42.9. The van der Waals surface area contributed by atoms with Gasteiger partial charge in [-0.1, -0.05) is 56.6 Å². The number of alkyl halides is 2. The van der Waals surface area contributed by atoms with Crippen LogP contribution >= 0.6 is 11.6 Å². The molecule has 12 heteroatoms. The minimum absolute atomic E-state index is 0.00801. The summed E-state index contributed by atoms with van der Waals surface area (Å²) in [7, 11) is 0. The lowest BCUT2D eigenvalue weighted by atomic mass is 9.84. The smallest absolute Gasteiger partial charge is 0.269 e. The van der Waals surface area contributed by atoms with E-state index in [1.165, 1.54) is 22.9 Å². The number of hydrogen-bond donors (Lipinski definition) is 2. The van der Waals surface area contributed by atoms with Crippen molar-refractivity contribution in [2.75, 3.05) is 6.54 Å². The minimum atomic E-state index is -2.94. The van der Waals surface area contributed by atoms with E-state index in [0.29, 0.717) is 10.9 Å². The Labute approximate surface area is 228 Å². The lowest BCUT2D eigenvalue weighted by molar-refractivity contribution is -0.157. The summed E-state index contributed by atoms with van der Waals surface area (Å²) in [5.74, 6) is -5.69. The van der Waals surface area contributed by atoms with Crippen molar-refractivity contribution in [1.29, 1.82) is 0 Å². The number of carbonyl (C=O) groups is 3. The number of nitrogens with zero attached hydrogens (tertiary/aromatic N) is 3. The molecule has 208 valence electrons. The molecule has 0 bridgehead atoms. The second-order valence-electron chi connectivity index (χ2n) is 10.7. The van der Waals surface area contributed by atoms with Crippen LogP contribution in [0.15, 0.2) is 36.4 Å². The molecule has 1 aromatic heterocycles. The van der Waals surface area contributed by atoms with E-state index in [4.69, 9.17) is 17.3 Å². The quantitative estimate of drug-likeness (QED) is 0.428. The van der Waals surface area contributed by atoms with Crippen molar-refractivity contribution in [2.24, 2.45) is 5.73 Å². The van der Waals surface area contributed by atoms with Crippen LogP contribution in [-0.4, -0.2) is 50.9 Å². The molecular formula is C27H29ClF3N5O3. The van der Waals surface area contributed by atoms with Crippen molar-refractivity contribution < 1.29 is 27.6 Å². The van der Waals surface area contributed by atoms with Crippen LogP contribution in [0.4, 0.5) is 13.2 Å². The molecular weight excluding hydrogens is 535 g/mol. The molecule has 4 rings (SSSR count). The van der Waals surface area contributed by atoms with Crippen LogP contribution in [-0.2, 0) is 28.1 Å². The summed E-state index contributed by atoms with van der Waals surface area (Å²) in [6, 6.07) is 8.77. The van der Waals surface area contributed by atoms with Crippen LogP contribution in [0.1, 0.15) is 55.2 Å². The summed E-state index contributed by atoms with van der Waals surface area (Å²) >= 11 is 5.78. The SMILES string of the molecule is CC(C)(C)c1cccc2c1c(C(N)=O)nn2CC(=O)N(CC(=O)NCc1cccc(Cl)c1F)C1CC(F)(F)C1. The van der Waals surface area contributed by atoms with Gasteiger partial charge in [0.2, 0.25) is 11.8 Å². The molecule has 3 amide bonds. The molecule has 0 saturated heterocycles. The van der Waals surface area contributed by atoms with Crippen LogP contribution in [0.5, 0.6) is 0 Å². The zero-order valence-electron chi connectivity index (χ0n) is 21.7. The summed E-state index contributed by atoms with van der Waals surface area (Å²) in [5.41, 5.74) is 6.63. The van der Waals surface area contributed by atoms with Gasteiger partial charge in [0, 0.05) is 36.4 Å². The molecule has 0 spiro atoms. The highest BCUT2D eigenvalue weighted by molar-refractivity contribution is 6.30. The first-order valence-electron chi connectivity index (χ1n) is 12.3. The molecule has 1 fully saturated rings. The largest absolute Gasteiger partial charge is 0.364 e. The normalized spacial score (nSPS) is 15.2. The lowest BCUT2D eigenvalue weighted by Gasteiger charge is -2.42. The number of nitrogens with two attached hydrogens (primary N) is 1. The van der Waals surface area contributed by atoms with Gasteiger partial charge in [-0.2, -0.15) is 5.10 Å². The topological polar surface area (TPSA) is 110 Å². The predicted molar refractivity (Wildman–Crippen MR) is 140 cm³/mol. The van der Waals surface area contributed by atoms with Gasteiger partial charge in [0.25, 0.3) is 11.8 Å². The maximum absolute atomic E-state index is 14.2.